The molecule has 10 heteroatoms. The van der Waals surface area contributed by atoms with Crippen LogP contribution >= 0.6 is 11.6 Å². The molecule has 3 aromatic rings. The third-order valence-corrected chi connectivity index (χ3v) is 4.50. The Hall–Kier alpha value is -3.20. The van der Waals surface area contributed by atoms with Crippen LogP contribution in [0, 0.1) is 19.7 Å². The topological polar surface area (TPSA) is 102 Å². The molecular formula is C18H17ClFN5O3. The van der Waals surface area contributed by atoms with E-state index in [0.717, 1.165) is 4.68 Å². The molecule has 1 amide bonds. The molecule has 0 aliphatic heterocycles. The minimum atomic E-state index is -1.05. The van der Waals surface area contributed by atoms with Gasteiger partial charge in [0.05, 0.1) is 35.4 Å². The van der Waals surface area contributed by atoms with E-state index in [4.69, 9.17) is 16.7 Å². The van der Waals surface area contributed by atoms with Crippen LogP contribution in [-0.4, -0.2) is 36.5 Å². The van der Waals surface area contributed by atoms with Gasteiger partial charge in [-0.2, -0.15) is 10.2 Å². The summed E-state index contributed by atoms with van der Waals surface area (Å²) in [5.41, 5.74) is 2.76. The number of carbonyl (C=O) groups excluding carboxylic acids is 1. The zero-order chi connectivity index (χ0) is 20.4. The minimum Gasteiger partial charge on any atom is -0.480 e. The number of aliphatic carboxylic acids is 1. The Morgan fingerprint density at radius 2 is 2.07 bits per heavy atom. The van der Waals surface area contributed by atoms with Crippen LogP contribution in [0.2, 0.25) is 5.02 Å². The predicted molar refractivity (Wildman–Crippen MR) is 100 cm³/mol. The second-order valence-electron chi connectivity index (χ2n) is 6.21. The van der Waals surface area contributed by atoms with Crippen LogP contribution in [0.25, 0.3) is 0 Å². The van der Waals surface area contributed by atoms with Crippen molar-refractivity contribution in [1.29, 1.82) is 0 Å². The van der Waals surface area contributed by atoms with Crippen LogP contribution in [0.3, 0.4) is 0 Å². The summed E-state index contributed by atoms with van der Waals surface area (Å²) in [4.78, 5) is 23.2. The number of halogens is 2. The van der Waals surface area contributed by atoms with Crippen LogP contribution in [-0.2, 0) is 17.9 Å². The molecule has 0 bridgehead atoms. The number of aryl methyl sites for hydroxylation is 1. The Morgan fingerprint density at radius 1 is 1.32 bits per heavy atom. The van der Waals surface area contributed by atoms with Crippen molar-refractivity contribution in [1.82, 2.24) is 19.6 Å². The summed E-state index contributed by atoms with van der Waals surface area (Å²) in [6, 6.07) is 4.15. The third kappa shape index (κ3) is 4.20. The molecule has 0 aliphatic rings. The fourth-order valence-electron chi connectivity index (χ4n) is 2.73. The number of nitrogens with zero attached hydrogens (tertiary/aromatic N) is 4. The summed E-state index contributed by atoms with van der Waals surface area (Å²) in [5, 5.41) is 20.1. The molecule has 2 heterocycles. The van der Waals surface area contributed by atoms with Crippen LogP contribution in [0.5, 0.6) is 0 Å². The molecule has 8 nitrogen and oxygen atoms in total. The highest BCUT2D eigenvalue weighted by atomic mass is 35.5. The first kappa shape index (κ1) is 19.6. The van der Waals surface area contributed by atoms with E-state index in [9.17, 15) is 14.0 Å². The molecule has 0 radical (unpaired) electrons. The van der Waals surface area contributed by atoms with Gasteiger partial charge in [-0.25, -0.2) is 4.39 Å². The molecule has 146 valence electrons. The third-order valence-electron chi connectivity index (χ3n) is 4.15. The Kier molecular flexibility index (Phi) is 5.46. The predicted octanol–water partition coefficient (Wildman–Crippen LogP) is 2.87. The van der Waals surface area contributed by atoms with E-state index in [-0.39, 0.29) is 12.1 Å². The van der Waals surface area contributed by atoms with Crippen molar-refractivity contribution in [3.8, 4) is 0 Å². The molecule has 0 spiro atoms. The van der Waals surface area contributed by atoms with Gasteiger partial charge in [0.2, 0.25) is 0 Å². The molecule has 1 aromatic carbocycles. The largest absolute Gasteiger partial charge is 0.480 e. The number of carbonyl (C=O) groups is 2. The van der Waals surface area contributed by atoms with Gasteiger partial charge in [-0.05, 0) is 31.5 Å². The van der Waals surface area contributed by atoms with E-state index in [0.29, 0.717) is 34.2 Å². The summed E-state index contributed by atoms with van der Waals surface area (Å²) in [7, 11) is 0. The summed E-state index contributed by atoms with van der Waals surface area (Å²) < 4.78 is 16.0. The second kappa shape index (κ2) is 7.81. The van der Waals surface area contributed by atoms with Crippen LogP contribution in [0.15, 0.2) is 30.6 Å². The highest BCUT2D eigenvalue weighted by molar-refractivity contribution is 6.31. The molecule has 0 aliphatic carbocycles. The summed E-state index contributed by atoms with van der Waals surface area (Å²) in [5.74, 6) is -1.90. The van der Waals surface area contributed by atoms with Crippen molar-refractivity contribution in [2.45, 2.75) is 26.9 Å². The highest BCUT2D eigenvalue weighted by Crippen LogP contribution is 2.24. The van der Waals surface area contributed by atoms with Crippen molar-refractivity contribution in [2.24, 2.45) is 0 Å². The number of rotatable bonds is 6. The number of carboxylic acids is 1. The molecule has 0 fully saturated rings. The fourth-order valence-corrected chi connectivity index (χ4v) is 2.96. The Balaban J connectivity index is 1.78. The zero-order valence-electron chi connectivity index (χ0n) is 15.1. The number of carboxylic acid groups (broad SMARTS) is 1. The quantitative estimate of drug-likeness (QED) is 0.656. The summed E-state index contributed by atoms with van der Waals surface area (Å²) in [6.45, 7) is 3.53. The van der Waals surface area contributed by atoms with E-state index in [2.05, 4.69) is 15.5 Å². The van der Waals surface area contributed by atoms with E-state index in [1.165, 1.54) is 24.5 Å². The minimum absolute atomic E-state index is 0.231. The first-order valence-corrected chi connectivity index (χ1v) is 8.66. The van der Waals surface area contributed by atoms with Crippen molar-refractivity contribution in [3.63, 3.8) is 0 Å². The average molecular weight is 406 g/mol. The molecular weight excluding hydrogens is 389 g/mol. The van der Waals surface area contributed by atoms with E-state index in [1.54, 1.807) is 24.6 Å². The maximum atomic E-state index is 13.2. The average Bonchev–Trinajstić information content (AvgIpc) is 3.17. The second-order valence-corrected chi connectivity index (χ2v) is 6.62. The monoisotopic (exact) mass is 405 g/mol. The van der Waals surface area contributed by atoms with Crippen molar-refractivity contribution in [2.75, 3.05) is 5.32 Å². The van der Waals surface area contributed by atoms with Gasteiger partial charge >= 0.3 is 5.97 Å². The molecule has 28 heavy (non-hydrogen) atoms. The van der Waals surface area contributed by atoms with Crippen LogP contribution in [0.1, 0.15) is 27.3 Å². The summed E-state index contributed by atoms with van der Waals surface area (Å²) >= 11 is 6.08. The van der Waals surface area contributed by atoms with Crippen LogP contribution in [0.4, 0.5) is 10.1 Å². The summed E-state index contributed by atoms with van der Waals surface area (Å²) in [6.07, 6.45) is 2.66. The lowest BCUT2D eigenvalue weighted by atomic mass is 10.2. The standard InChI is InChI=1S/C18H17ClFN5O3/c1-10-17(22-18(28)13-6-21-24(7-13)9-16(26)27)11(2)25(23-10)8-12-3-4-14(20)5-15(12)19/h3-7H,8-9H2,1-2H3,(H,22,28)(H,26,27). The lowest BCUT2D eigenvalue weighted by Gasteiger charge is -2.08. The fraction of sp³-hybridized carbons (Fsp3) is 0.222. The number of aromatic nitrogens is 4. The number of anilines is 1. The van der Waals surface area contributed by atoms with Gasteiger partial charge < -0.3 is 10.4 Å². The smallest absolute Gasteiger partial charge is 0.325 e. The normalized spacial score (nSPS) is 10.9. The number of nitrogens with one attached hydrogen (secondary N) is 1. The van der Waals surface area contributed by atoms with Crippen molar-refractivity contribution < 1.29 is 19.1 Å². The lowest BCUT2D eigenvalue weighted by Crippen LogP contribution is -2.13. The van der Waals surface area contributed by atoms with Gasteiger partial charge in [0.1, 0.15) is 12.4 Å². The lowest BCUT2D eigenvalue weighted by molar-refractivity contribution is -0.137. The van der Waals surface area contributed by atoms with Gasteiger partial charge in [0.25, 0.3) is 5.91 Å². The van der Waals surface area contributed by atoms with Gasteiger partial charge in [-0.1, -0.05) is 17.7 Å². The molecule has 0 saturated heterocycles. The molecule has 0 unspecified atom stereocenters. The highest BCUT2D eigenvalue weighted by Gasteiger charge is 2.17. The number of hydrogen-bond acceptors (Lipinski definition) is 4. The van der Waals surface area contributed by atoms with Gasteiger partial charge in [0, 0.05) is 11.2 Å². The Morgan fingerprint density at radius 3 is 2.75 bits per heavy atom. The van der Waals surface area contributed by atoms with E-state index >= 15 is 0 Å². The Labute approximate surface area is 164 Å². The van der Waals surface area contributed by atoms with Crippen LogP contribution < -0.4 is 5.32 Å². The first-order valence-electron chi connectivity index (χ1n) is 8.28. The number of hydrogen-bond donors (Lipinski definition) is 2. The first-order chi connectivity index (χ1) is 13.2. The molecule has 2 N–H and O–H groups in total. The van der Waals surface area contributed by atoms with E-state index < -0.39 is 17.7 Å². The SMILES string of the molecule is Cc1nn(Cc2ccc(F)cc2Cl)c(C)c1NC(=O)c1cnn(CC(=O)O)c1. The molecule has 2 aromatic heterocycles. The maximum absolute atomic E-state index is 13.2. The number of amides is 1. The molecule has 0 atom stereocenters. The molecule has 3 rings (SSSR count). The zero-order valence-corrected chi connectivity index (χ0v) is 15.9. The maximum Gasteiger partial charge on any atom is 0.325 e. The van der Waals surface area contributed by atoms with Crippen molar-refractivity contribution >= 4 is 29.2 Å². The Bertz CT molecular complexity index is 1060. The van der Waals surface area contributed by atoms with Gasteiger partial charge in [-0.15, -0.1) is 0 Å². The molecule has 0 saturated carbocycles. The van der Waals surface area contributed by atoms with Gasteiger partial charge in [0.15, 0.2) is 0 Å². The van der Waals surface area contributed by atoms with E-state index in [1.807, 2.05) is 0 Å². The van der Waals surface area contributed by atoms with Crippen molar-refractivity contribution in [3.05, 3.63) is 63.9 Å². The number of benzene rings is 1. The van der Waals surface area contributed by atoms with Gasteiger partial charge in [-0.3, -0.25) is 19.0 Å².